The van der Waals surface area contributed by atoms with Crippen LogP contribution in [0.15, 0.2) is 10.6 Å². The summed E-state index contributed by atoms with van der Waals surface area (Å²) < 4.78 is 7.96. The van der Waals surface area contributed by atoms with Crippen molar-refractivity contribution >= 4 is 6.03 Å². The maximum Gasteiger partial charge on any atom is 0.318 e. The zero-order chi connectivity index (χ0) is 18.4. The van der Waals surface area contributed by atoms with Gasteiger partial charge in [0.05, 0.1) is 18.8 Å². The molecule has 5 rings (SSSR count). The van der Waals surface area contributed by atoms with Crippen LogP contribution in [0.3, 0.4) is 0 Å². The average molecular weight is 370 g/mol. The van der Waals surface area contributed by atoms with E-state index in [9.17, 15) is 4.79 Å². The topological polar surface area (TPSA) is 89.1 Å². The van der Waals surface area contributed by atoms with Crippen molar-refractivity contribution in [1.29, 1.82) is 0 Å². The average Bonchev–Trinajstić information content (AvgIpc) is 3.09. The maximum atomic E-state index is 12.7. The van der Waals surface area contributed by atoms with Crippen LogP contribution in [0, 0.1) is 0 Å². The van der Waals surface area contributed by atoms with E-state index in [1.165, 1.54) is 25.7 Å². The number of fused-ring (bicyclic) bond motifs is 1. The van der Waals surface area contributed by atoms with Crippen LogP contribution in [-0.4, -0.2) is 37.2 Å². The first-order chi connectivity index (χ1) is 13.2. The number of carbonyl (C=O) groups is 1. The van der Waals surface area contributed by atoms with Crippen LogP contribution in [0.25, 0.3) is 0 Å². The zero-order valence-corrected chi connectivity index (χ0v) is 15.7. The lowest BCUT2D eigenvalue weighted by Crippen LogP contribution is -2.46. The molecule has 1 aliphatic heterocycles. The van der Waals surface area contributed by atoms with Gasteiger partial charge in [-0.3, -0.25) is 0 Å². The number of carbonyl (C=O) groups excluding carboxylic acids is 1. The van der Waals surface area contributed by atoms with E-state index >= 15 is 0 Å². The molecule has 1 atom stereocenters. The lowest BCUT2D eigenvalue weighted by Gasteiger charge is -2.34. The summed E-state index contributed by atoms with van der Waals surface area (Å²) in [6.07, 6.45) is 9.00. The summed E-state index contributed by atoms with van der Waals surface area (Å²) in [5.74, 6) is 4.54. The Morgan fingerprint density at radius 2 is 1.93 bits per heavy atom. The Balaban J connectivity index is 1.23. The zero-order valence-electron chi connectivity index (χ0n) is 15.7. The van der Waals surface area contributed by atoms with Crippen molar-refractivity contribution in [2.24, 2.45) is 0 Å². The summed E-state index contributed by atoms with van der Waals surface area (Å²) in [5, 5.41) is 11.9. The van der Waals surface area contributed by atoms with Crippen molar-refractivity contribution in [3.63, 3.8) is 0 Å². The fraction of sp³-hybridized carbons (Fsp3) is 0.684. The largest absolute Gasteiger partial charge is 0.444 e. The Morgan fingerprint density at radius 1 is 1.15 bits per heavy atom. The molecule has 27 heavy (non-hydrogen) atoms. The van der Waals surface area contributed by atoms with Crippen molar-refractivity contribution in [1.82, 2.24) is 30.0 Å². The van der Waals surface area contributed by atoms with E-state index < -0.39 is 0 Å². The van der Waals surface area contributed by atoms with Crippen molar-refractivity contribution in [3.8, 4) is 0 Å². The molecule has 1 N–H and O–H groups in total. The molecular weight excluding hydrogens is 344 g/mol. The number of nitrogens with zero attached hydrogens (tertiary/aromatic N) is 5. The molecule has 0 radical (unpaired) electrons. The van der Waals surface area contributed by atoms with Crippen LogP contribution in [0.4, 0.5) is 4.79 Å². The normalized spacial score (nSPS) is 22.9. The van der Waals surface area contributed by atoms with Crippen molar-refractivity contribution in [2.75, 3.05) is 6.54 Å². The summed E-state index contributed by atoms with van der Waals surface area (Å²) in [6.45, 7) is 3.82. The Bertz CT molecular complexity index is 833. The van der Waals surface area contributed by atoms with Crippen LogP contribution in [0.1, 0.15) is 86.6 Å². The number of hydrogen-bond acceptors (Lipinski definition) is 5. The Kier molecular flexibility index (Phi) is 4.13. The molecule has 3 aliphatic rings. The highest BCUT2D eigenvalue weighted by Crippen LogP contribution is 2.39. The molecular formula is C19H26N6O2. The van der Waals surface area contributed by atoms with Gasteiger partial charge in [-0.25, -0.2) is 9.78 Å². The third-order valence-electron chi connectivity index (χ3n) is 6.11. The Labute approximate surface area is 158 Å². The number of oxazole rings is 1. The number of urea groups is 1. The summed E-state index contributed by atoms with van der Waals surface area (Å²) in [5.41, 5.74) is 0. The van der Waals surface area contributed by atoms with E-state index in [4.69, 9.17) is 4.42 Å². The van der Waals surface area contributed by atoms with Gasteiger partial charge >= 0.3 is 6.03 Å². The monoisotopic (exact) mass is 370 g/mol. The second-order valence-electron chi connectivity index (χ2n) is 8.02. The Morgan fingerprint density at radius 3 is 2.70 bits per heavy atom. The lowest BCUT2D eigenvalue weighted by molar-refractivity contribution is 0.158. The van der Waals surface area contributed by atoms with E-state index in [0.29, 0.717) is 30.7 Å². The van der Waals surface area contributed by atoms with Gasteiger partial charge in [0.1, 0.15) is 11.6 Å². The van der Waals surface area contributed by atoms with Gasteiger partial charge in [-0.2, -0.15) is 0 Å². The quantitative estimate of drug-likeness (QED) is 0.893. The van der Waals surface area contributed by atoms with Crippen molar-refractivity contribution in [2.45, 2.75) is 76.4 Å². The molecule has 8 nitrogen and oxygen atoms in total. The van der Waals surface area contributed by atoms with E-state index in [1.54, 1.807) is 6.20 Å². The highest BCUT2D eigenvalue weighted by molar-refractivity contribution is 5.74. The minimum atomic E-state index is -0.0939. The van der Waals surface area contributed by atoms with E-state index in [2.05, 4.69) is 25.1 Å². The summed E-state index contributed by atoms with van der Waals surface area (Å²) in [6, 6.07) is -0.179. The molecule has 144 valence electrons. The van der Waals surface area contributed by atoms with Crippen LogP contribution >= 0.6 is 0 Å². The second-order valence-corrected chi connectivity index (χ2v) is 8.02. The van der Waals surface area contributed by atoms with Crippen LogP contribution in [0.2, 0.25) is 0 Å². The van der Waals surface area contributed by atoms with Crippen LogP contribution < -0.4 is 5.32 Å². The molecule has 2 aromatic rings. The Hall–Kier alpha value is -2.38. The van der Waals surface area contributed by atoms with Gasteiger partial charge in [-0.15, -0.1) is 10.2 Å². The fourth-order valence-electron chi connectivity index (χ4n) is 4.36. The summed E-state index contributed by atoms with van der Waals surface area (Å²) >= 11 is 0. The number of aromatic nitrogens is 4. The molecule has 2 fully saturated rings. The van der Waals surface area contributed by atoms with Crippen molar-refractivity contribution < 1.29 is 9.21 Å². The first kappa shape index (κ1) is 16.8. The minimum absolute atomic E-state index is 0.0850. The molecule has 1 unspecified atom stereocenters. The molecule has 2 aliphatic carbocycles. The second kappa shape index (κ2) is 6.65. The highest BCUT2D eigenvalue weighted by atomic mass is 16.4. The van der Waals surface area contributed by atoms with Gasteiger partial charge in [0.15, 0.2) is 11.7 Å². The first-order valence-electron chi connectivity index (χ1n) is 10.1. The van der Waals surface area contributed by atoms with Gasteiger partial charge in [0.25, 0.3) is 0 Å². The molecule has 0 aromatic carbocycles. The molecule has 8 heteroatoms. The van der Waals surface area contributed by atoms with E-state index in [-0.39, 0.29) is 12.1 Å². The minimum Gasteiger partial charge on any atom is -0.444 e. The molecule has 0 bridgehead atoms. The van der Waals surface area contributed by atoms with Gasteiger partial charge in [-0.1, -0.05) is 12.8 Å². The summed E-state index contributed by atoms with van der Waals surface area (Å²) in [7, 11) is 0. The number of rotatable bonds is 4. The number of hydrogen-bond donors (Lipinski definition) is 1. The fourth-order valence-corrected chi connectivity index (χ4v) is 4.36. The molecule has 2 aromatic heterocycles. The molecule has 2 saturated carbocycles. The standard InChI is InChI=1S/C19H26N6O2/c1-12-16-22-23-17(13-4-2-3-5-13)25(16)9-8-24(12)19(26)21-11-15-10-20-18(27-15)14-6-7-14/h10,12-14H,2-9,11H2,1H3,(H,21,26). The highest BCUT2D eigenvalue weighted by Gasteiger charge is 2.34. The lowest BCUT2D eigenvalue weighted by atomic mass is 10.1. The summed E-state index contributed by atoms with van der Waals surface area (Å²) in [4.78, 5) is 18.8. The third-order valence-corrected chi connectivity index (χ3v) is 6.11. The molecule has 3 heterocycles. The van der Waals surface area contributed by atoms with Gasteiger partial charge in [0.2, 0.25) is 0 Å². The van der Waals surface area contributed by atoms with Crippen LogP contribution in [0.5, 0.6) is 0 Å². The van der Waals surface area contributed by atoms with Gasteiger partial charge in [0, 0.05) is 24.9 Å². The number of amides is 2. The van der Waals surface area contributed by atoms with E-state index in [1.807, 2.05) is 11.8 Å². The first-order valence-corrected chi connectivity index (χ1v) is 10.1. The number of nitrogens with one attached hydrogen (secondary N) is 1. The van der Waals surface area contributed by atoms with Gasteiger partial charge in [-0.05, 0) is 32.6 Å². The molecule has 2 amide bonds. The third kappa shape index (κ3) is 3.11. The van der Waals surface area contributed by atoms with E-state index in [0.717, 1.165) is 36.9 Å². The SMILES string of the molecule is CC1c2nnc(C3CCCC3)n2CCN1C(=O)NCc1cnc(C2CC2)o1. The van der Waals surface area contributed by atoms with Gasteiger partial charge < -0.3 is 19.2 Å². The van der Waals surface area contributed by atoms with Crippen LogP contribution in [-0.2, 0) is 13.1 Å². The smallest absolute Gasteiger partial charge is 0.318 e. The predicted octanol–water partition coefficient (Wildman–Crippen LogP) is 3.09. The predicted molar refractivity (Wildman–Crippen MR) is 97.1 cm³/mol. The maximum absolute atomic E-state index is 12.7. The molecule has 0 saturated heterocycles. The van der Waals surface area contributed by atoms with Crippen molar-refractivity contribution in [3.05, 3.63) is 29.5 Å². The molecule has 0 spiro atoms.